The Hall–Kier alpha value is -1.08. The van der Waals surface area contributed by atoms with Gasteiger partial charge in [-0.3, -0.25) is 4.68 Å². The van der Waals surface area contributed by atoms with Crippen LogP contribution in [-0.2, 0) is 17.4 Å². The molecule has 2 rings (SSSR count). The number of halogens is 1. The van der Waals surface area contributed by atoms with Gasteiger partial charge >= 0.3 is 6.09 Å². The first-order valence-electron chi connectivity index (χ1n) is 6.01. The highest BCUT2D eigenvalue weighted by atomic mass is 79.9. The molecule has 0 saturated carbocycles. The Balaban J connectivity index is 2.02. The predicted octanol–water partition coefficient (Wildman–Crippen LogP) is 1.62. The van der Waals surface area contributed by atoms with E-state index in [9.17, 15) is 9.90 Å². The molecule has 0 unspecified atom stereocenters. The summed E-state index contributed by atoms with van der Waals surface area (Å²) in [6.45, 7) is 5.88. The molecule has 19 heavy (non-hydrogen) atoms. The van der Waals surface area contributed by atoms with Gasteiger partial charge in [-0.15, -0.1) is 0 Å². The van der Waals surface area contributed by atoms with Crippen LogP contribution in [0.5, 0.6) is 0 Å². The SMILES string of the molecule is Cn1nc(Br)cc1C1(O)CN(C(=O)OC(C)(C)C)C1. The Kier molecular flexibility index (Phi) is 3.38. The Labute approximate surface area is 120 Å². The number of hydrogen-bond donors (Lipinski definition) is 1. The molecule has 2 heterocycles. The zero-order valence-electron chi connectivity index (χ0n) is 11.5. The maximum atomic E-state index is 11.8. The Morgan fingerprint density at radius 2 is 2.11 bits per heavy atom. The molecule has 1 aliphatic rings. The fraction of sp³-hybridized carbons (Fsp3) is 0.667. The zero-order chi connectivity index (χ0) is 14.4. The standard InChI is InChI=1S/C12H18BrN3O3/c1-11(2,3)19-10(17)16-6-12(18,7-16)8-5-9(13)14-15(8)4/h5,18H,6-7H2,1-4H3. The van der Waals surface area contributed by atoms with Gasteiger partial charge in [0.15, 0.2) is 0 Å². The van der Waals surface area contributed by atoms with Crippen molar-refractivity contribution in [1.29, 1.82) is 0 Å². The average Bonchev–Trinajstić information content (AvgIpc) is 2.50. The summed E-state index contributed by atoms with van der Waals surface area (Å²) in [6.07, 6.45) is -0.404. The van der Waals surface area contributed by atoms with Crippen LogP contribution in [0.15, 0.2) is 10.7 Å². The molecule has 1 N–H and O–H groups in total. The van der Waals surface area contributed by atoms with Crippen molar-refractivity contribution in [3.05, 3.63) is 16.4 Å². The van der Waals surface area contributed by atoms with Gasteiger partial charge in [-0.1, -0.05) is 0 Å². The van der Waals surface area contributed by atoms with Crippen molar-refractivity contribution >= 4 is 22.0 Å². The third kappa shape index (κ3) is 2.92. The third-order valence-electron chi connectivity index (χ3n) is 2.88. The normalized spacial score (nSPS) is 18.1. The smallest absolute Gasteiger partial charge is 0.410 e. The van der Waals surface area contributed by atoms with E-state index in [0.29, 0.717) is 10.3 Å². The van der Waals surface area contributed by atoms with Gasteiger partial charge in [0.05, 0.1) is 18.8 Å². The molecular weight excluding hydrogens is 314 g/mol. The van der Waals surface area contributed by atoms with Crippen LogP contribution >= 0.6 is 15.9 Å². The number of ether oxygens (including phenoxy) is 1. The van der Waals surface area contributed by atoms with E-state index in [1.807, 2.05) is 20.8 Å². The summed E-state index contributed by atoms with van der Waals surface area (Å²) < 4.78 is 7.52. The average molecular weight is 332 g/mol. The third-order valence-corrected chi connectivity index (χ3v) is 3.27. The molecule has 1 saturated heterocycles. The molecular formula is C12H18BrN3O3. The molecule has 6 nitrogen and oxygen atoms in total. The first kappa shape index (κ1) is 14.3. The van der Waals surface area contributed by atoms with E-state index in [0.717, 1.165) is 0 Å². The van der Waals surface area contributed by atoms with Crippen LogP contribution in [0.4, 0.5) is 4.79 Å². The van der Waals surface area contributed by atoms with E-state index in [2.05, 4.69) is 21.0 Å². The molecule has 0 radical (unpaired) electrons. The highest BCUT2D eigenvalue weighted by molar-refractivity contribution is 9.10. The highest BCUT2D eigenvalue weighted by Gasteiger charge is 2.48. The summed E-state index contributed by atoms with van der Waals surface area (Å²) in [5.41, 5.74) is -0.899. The fourth-order valence-corrected chi connectivity index (χ4v) is 2.53. The topological polar surface area (TPSA) is 67.6 Å². The molecule has 106 valence electrons. The maximum Gasteiger partial charge on any atom is 0.410 e. The second-order valence-electron chi connectivity index (χ2n) is 5.84. The summed E-state index contributed by atoms with van der Waals surface area (Å²) in [5.74, 6) is 0. The van der Waals surface area contributed by atoms with E-state index in [-0.39, 0.29) is 13.1 Å². The lowest BCUT2D eigenvalue weighted by Crippen LogP contribution is -2.62. The van der Waals surface area contributed by atoms with Gasteiger partial charge in [0.25, 0.3) is 0 Å². The molecule has 1 aromatic heterocycles. The number of carbonyl (C=O) groups excluding carboxylic acids is 1. The summed E-state index contributed by atoms with van der Waals surface area (Å²) in [7, 11) is 1.76. The molecule has 1 aliphatic heterocycles. The van der Waals surface area contributed by atoms with Crippen LogP contribution in [0.25, 0.3) is 0 Å². The van der Waals surface area contributed by atoms with E-state index >= 15 is 0 Å². The molecule has 0 atom stereocenters. The van der Waals surface area contributed by atoms with Crippen LogP contribution in [0, 0.1) is 0 Å². The number of carbonyl (C=O) groups is 1. The lowest BCUT2D eigenvalue weighted by molar-refractivity contribution is -0.107. The quantitative estimate of drug-likeness (QED) is 0.849. The minimum Gasteiger partial charge on any atom is -0.444 e. The number of nitrogens with zero attached hydrogens (tertiary/aromatic N) is 3. The zero-order valence-corrected chi connectivity index (χ0v) is 13.1. The minimum absolute atomic E-state index is 0.216. The Bertz CT molecular complexity index is 501. The highest BCUT2D eigenvalue weighted by Crippen LogP contribution is 2.33. The molecule has 1 aromatic rings. The number of hydrogen-bond acceptors (Lipinski definition) is 4. The van der Waals surface area contributed by atoms with Crippen molar-refractivity contribution < 1.29 is 14.6 Å². The molecule has 0 spiro atoms. The van der Waals surface area contributed by atoms with Gasteiger partial charge in [-0.25, -0.2) is 4.79 Å². The first-order valence-corrected chi connectivity index (χ1v) is 6.80. The molecule has 0 aromatic carbocycles. The Morgan fingerprint density at radius 1 is 1.53 bits per heavy atom. The summed E-state index contributed by atoms with van der Waals surface area (Å²) in [4.78, 5) is 13.3. The van der Waals surface area contributed by atoms with Crippen molar-refractivity contribution in [2.75, 3.05) is 13.1 Å². The van der Waals surface area contributed by atoms with Crippen molar-refractivity contribution in [2.45, 2.75) is 32.0 Å². The van der Waals surface area contributed by atoms with Gasteiger partial charge in [0.2, 0.25) is 0 Å². The van der Waals surface area contributed by atoms with Crippen LogP contribution in [0.1, 0.15) is 26.5 Å². The van der Waals surface area contributed by atoms with Crippen LogP contribution < -0.4 is 0 Å². The fourth-order valence-electron chi connectivity index (χ4n) is 2.07. The monoisotopic (exact) mass is 331 g/mol. The molecule has 0 aliphatic carbocycles. The molecule has 1 amide bonds. The van der Waals surface area contributed by atoms with Gasteiger partial charge < -0.3 is 14.7 Å². The van der Waals surface area contributed by atoms with E-state index in [4.69, 9.17) is 4.74 Å². The van der Waals surface area contributed by atoms with Crippen molar-refractivity contribution in [1.82, 2.24) is 14.7 Å². The number of amides is 1. The number of rotatable bonds is 1. The van der Waals surface area contributed by atoms with Crippen molar-refractivity contribution in [3.8, 4) is 0 Å². The van der Waals surface area contributed by atoms with E-state index in [1.54, 1.807) is 17.8 Å². The van der Waals surface area contributed by atoms with Crippen LogP contribution in [0.3, 0.4) is 0 Å². The minimum atomic E-state index is -1.05. The number of aryl methyl sites for hydroxylation is 1. The van der Waals surface area contributed by atoms with Crippen LogP contribution in [0.2, 0.25) is 0 Å². The van der Waals surface area contributed by atoms with Gasteiger partial charge in [0.1, 0.15) is 15.8 Å². The summed E-state index contributed by atoms with van der Waals surface area (Å²) in [5, 5.41) is 14.6. The first-order chi connectivity index (χ1) is 8.61. The largest absolute Gasteiger partial charge is 0.444 e. The molecule has 0 bridgehead atoms. The second-order valence-corrected chi connectivity index (χ2v) is 6.66. The van der Waals surface area contributed by atoms with Gasteiger partial charge in [-0.05, 0) is 42.8 Å². The van der Waals surface area contributed by atoms with E-state index < -0.39 is 17.3 Å². The number of β-amino-alcohol motifs (C(OH)–C–C–N with tert-alkyl or cyclic N) is 1. The van der Waals surface area contributed by atoms with Crippen LogP contribution in [-0.4, -0.2) is 44.6 Å². The number of aliphatic hydroxyl groups is 1. The van der Waals surface area contributed by atoms with Gasteiger partial charge in [0, 0.05) is 7.05 Å². The molecule has 7 heteroatoms. The Morgan fingerprint density at radius 3 is 2.53 bits per heavy atom. The number of aromatic nitrogens is 2. The van der Waals surface area contributed by atoms with Crippen molar-refractivity contribution in [2.24, 2.45) is 7.05 Å². The molecule has 1 fully saturated rings. The lowest BCUT2D eigenvalue weighted by atomic mass is 9.91. The second kappa shape index (κ2) is 4.49. The van der Waals surface area contributed by atoms with Gasteiger partial charge in [-0.2, -0.15) is 5.10 Å². The van der Waals surface area contributed by atoms with Crippen molar-refractivity contribution in [3.63, 3.8) is 0 Å². The summed E-state index contributed by atoms with van der Waals surface area (Å²) in [6, 6.07) is 1.76. The lowest BCUT2D eigenvalue weighted by Gasteiger charge is -2.46. The summed E-state index contributed by atoms with van der Waals surface area (Å²) >= 11 is 3.26. The maximum absolute atomic E-state index is 11.8. The van der Waals surface area contributed by atoms with E-state index in [1.165, 1.54) is 4.90 Å². The number of likely N-dealkylation sites (tertiary alicyclic amines) is 1. The predicted molar refractivity (Wildman–Crippen MR) is 72.6 cm³/mol.